The SMILES string of the molecule is Cc1ccc(N2C(=O)Cc3c(C(N)=O)nc(-c4ccc([N+](=O)[O-])cc4)nc32)cc1. The lowest BCUT2D eigenvalue weighted by Gasteiger charge is -2.17. The first kappa shape index (κ1) is 18.2. The first-order valence-electron chi connectivity index (χ1n) is 8.70. The van der Waals surface area contributed by atoms with Crippen LogP contribution in [0, 0.1) is 17.0 Å². The van der Waals surface area contributed by atoms with Gasteiger partial charge in [-0.2, -0.15) is 0 Å². The van der Waals surface area contributed by atoms with Gasteiger partial charge in [-0.05, 0) is 31.2 Å². The van der Waals surface area contributed by atoms with E-state index < -0.39 is 10.8 Å². The summed E-state index contributed by atoms with van der Waals surface area (Å²) in [7, 11) is 0. The van der Waals surface area contributed by atoms with E-state index in [1.165, 1.54) is 29.2 Å². The lowest BCUT2D eigenvalue weighted by atomic mass is 10.1. The van der Waals surface area contributed by atoms with Crippen molar-refractivity contribution in [3.8, 4) is 11.4 Å². The minimum Gasteiger partial charge on any atom is -0.364 e. The average molecular weight is 389 g/mol. The summed E-state index contributed by atoms with van der Waals surface area (Å²) in [5.41, 5.74) is 7.86. The Balaban J connectivity index is 1.87. The molecule has 144 valence electrons. The molecule has 9 heteroatoms. The number of hydrogen-bond donors (Lipinski definition) is 1. The molecule has 1 aromatic heterocycles. The normalized spacial score (nSPS) is 12.7. The molecule has 0 saturated carbocycles. The summed E-state index contributed by atoms with van der Waals surface area (Å²) in [5.74, 6) is -0.581. The Morgan fingerprint density at radius 3 is 2.34 bits per heavy atom. The number of aryl methyl sites for hydroxylation is 1. The van der Waals surface area contributed by atoms with Gasteiger partial charge >= 0.3 is 0 Å². The summed E-state index contributed by atoms with van der Waals surface area (Å²) in [5, 5.41) is 10.9. The van der Waals surface area contributed by atoms with Gasteiger partial charge in [0.25, 0.3) is 11.6 Å². The number of anilines is 2. The predicted octanol–water partition coefficient (Wildman–Crippen LogP) is 2.68. The van der Waals surface area contributed by atoms with Crippen molar-refractivity contribution in [3.63, 3.8) is 0 Å². The summed E-state index contributed by atoms with van der Waals surface area (Å²) in [4.78, 5) is 45.2. The van der Waals surface area contributed by atoms with Crippen LogP contribution in [0.4, 0.5) is 17.2 Å². The molecule has 9 nitrogen and oxygen atoms in total. The molecule has 2 heterocycles. The van der Waals surface area contributed by atoms with Gasteiger partial charge in [-0.15, -0.1) is 0 Å². The molecular weight excluding hydrogens is 374 g/mol. The van der Waals surface area contributed by atoms with Gasteiger partial charge < -0.3 is 5.73 Å². The van der Waals surface area contributed by atoms with E-state index in [9.17, 15) is 19.7 Å². The van der Waals surface area contributed by atoms with Crippen molar-refractivity contribution >= 4 is 29.0 Å². The first-order chi connectivity index (χ1) is 13.8. The number of nitro benzene ring substituents is 1. The van der Waals surface area contributed by atoms with Crippen LogP contribution < -0.4 is 10.6 Å². The van der Waals surface area contributed by atoms with E-state index in [1.54, 1.807) is 12.1 Å². The molecule has 0 fully saturated rings. The van der Waals surface area contributed by atoms with Crippen molar-refractivity contribution in [2.45, 2.75) is 13.3 Å². The number of carbonyl (C=O) groups is 2. The number of benzene rings is 2. The highest BCUT2D eigenvalue weighted by Gasteiger charge is 2.35. The van der Waals surface area contributed by atoms with Crippen LogP contribution in [0.25, 0.3) is 11.4 Å². The van der Waals surface area contributed by atoms with Crippen LogP contribution in [0.2, 0.25) is 0 Å². The summed E-state index contributed by atoms with van der Waals surface area (Å²) >= 11 is 0. The number of nitrogens with zero attached hydrogens (tertiary/aromatic N) is 4. The Morgan fingerprint density at radius 1 is 1.10 bits per heavy atom. The highest BCUT2D eigenvalue weighted by atomic mass is 16.6. The number of non-ortho nitro benzene ring substituents is 1. The fourth-order valence-corrected chi connectivity index (χ4v) is 3.19. The minimum atomic E-state index is -0.773. The molecule has 0 unspecified atom stereocenters. The molecule has 4 rings (SSSR count). The van der Waals surface area contributed by atoms with Crippen LogP contribution in [0.3, 0.4) is 0 Å². The minimum absolute atomic E-state index is 0.0358. The van der Waals surface area contributed by atoms with E-state index >= 15 is 0 Å². The van der Waals surface area contributed by atoms with E-state index in [-0.39, 0.29) is 35.4 Å². The summed E-state index contributed by atoms with van der Waals surface area (Å²) in [6.07, 6.45) is -0.0397. The van der Waals surface area contributed by atoms with E-state index in [2.05, 4.69) is 9.97 Å². The van der Waals surface area contributed by atoms with Gasteiger partial charge in [-0.1, -0.05) is 17.7 Å². The van der Waals surface area contributed by atoms with Crippen LogP contribution in [-0.4, -0.2) is 26.7 Å². The topological polar surface area (TPSA) is 132 Å². The van der Waals surface area contributed by atoms with Crippen LogP contribution in [-0.2, 0) is 11.2 Å². The maximum absolute atomic E-state index is 12.7. The summed E-state index contributed by atoms with van der Waals surface area (Å²) in [6, 6.07) is 12.9. The van der Waals surface area contributed by atoms with Gasteiger partial charge in [0.2, 0.25) is 5.91 Å². The summed E-state index contributed by atoms with van der Waals surface area (Å²) < 4.78 is 0. The number of amides is 2. The molecule has 0 atom stereocenters. The number of nitro groups is 1. The molecule has 2 N–H and O–H groups in total. The van der Waals surface area contributed by atoms with Crippen LogP contribution in [0.15, 0.2) is 48.5 Å². The molecule has 1 aliphatic heterocycles. The maximum atomic E-state index is 12.7. The number of rotatable bonds is 4. The van der Waals surface area contributed by atoms with Gasteiger partial charge in [0.1, 0.15) is 11.5 Å². The smallest absolute Gasteiger partial charge is 0.269 e. The fraction of sp³-hybridized carbons (Fsp3) is 0.100. The average Bonchev–Trinajstić information content (AvgIpc) is 3.03. The number of aromatic nitrogens is 2. The zero-order valence-electron chi connectivity index (χ0n) is 15.3. The van der Waals surface area contributed by atoms with Crippen molar-refractivity contribution in [3.05, 3.63) is 75.5 Å². The Kier molecular flexibility index (Phi) is 4.27. The van der Waals surface area contributed by atoms with Gasteiger partial charge in [-0.3, -0.25) is 24.6 Å². The number of nitrogens with two attached hydrogens (primary N) is 1. The van der Waals surface area contributed by atoms with Crippen molar-refractivity contribution in [2.75, 3.05) is 4.90 Å². The lowest BCUT2D eigenvalue weighted by molar-refractivity contribution is -0.384. The van der Waals surface area contributed by atoms with E-state index in [0.717, 1.165) is 5.56 Å². The van der Waals surface area contributed by atoms with Crippen molar-refractivity contribution in [2.24, 2.45) is 5.73 Å². The first-order valence-corrected chi connectivity index (χ1v) is 8.70. The molecule has 2 aromatic carbocycles. The van der Waals surface area contributed by atoms with Gasteiger partial charge in [0.05, 0.1) is 17.0 Å². The zero-order chi connectivity index (χ0) is 20.7. The molecule has 29 heavy (non-hydrogen) atoms. The zero-order valence-corrected chi connectivity index (χ0v) is 15.3. The third kappa shape index (κ3) is 3.18. The largest absolute Gasteiger partial charge is 0.364 e. The Hall–Kier alpha value is -4.14. The standard InChI is InChI=1S/C20H15N5O4/c1-11-2-6-13(7-3-11)24-16(26)10-15-17(18(21)27)22-19(23-20(15)24)12-4-8-14(9-5-12)25(28)29/h2-9H,10H2,1H3,(H2,21,27). The fourth-order valence-electron chi connectivity index (χ4n) is 3.19. The number of primary amides is 1. The molecule has 0 spiro atoms. The lowest BCUT2D eigenvalue weighted by Crippen LogP contribution is -2.21. The molecule has 0 bridgehead atoms. The number of fused-ring (bicyclic) bond motifs is 1. The Morgan fingerprint density at radius 2 is 1.76 bits per heavy atom. The van der Waals surface area contributed by atoms with E-state index in [0.29, 0.717) is 16.8 Å². The van der Waals surface area contributed by atoms with Crippen molar-refractivity contribution in [1.82, 2.24) is 9.97 Å². The Labute approximate surface area is 165 Å². The number of carbonyl (C=O) groups excluding carboxylic acids is 2. The van der Waals surface area contributed by atoms with Crippen molar-refractivity contribution < 1.29 is 14.5 Å². The maximum Gasteiger partial charge on any atom is 0.269 e. The molecule has 1 aliphatic rings. The molecule has 0 radical (unpaired) electrons. The second-order valence-electron chi connectivity index (χ2n) is 6.61. The molecule has 3 aromatic rings. The van der Waals surface area contributed by atoms with Gasteiger partial charge in [0.15, 0.2) is 5.82 Å². The van der Waals surface area contributed by atoms with Crippen LogP contribution in [0.5, 0.6) is 0 Å². The number of hydrogen-bond acceptors (Lipinski definition) is 6. The molecule has 2 amide bonds. The van der Waals surface area contributed by atoms with Crippen LogP contribution >= 0.6 is 0 Å². The molecular formula is C20H15N5O4. The van der Waals surface area contributed by atoms with Gasteiger partial charge in [0, 0.05) is 23.3 Å². The molecule has 0 aliphatic carbocycles. The third-order valence-electron chi connectivity index (χ3n) is 4.64. The quantitative estimate of drug-likeness (QED) is 0.539. The van der Waals surface area contributed by atoms with E-state index in [1.807, 2.05) is 19.1 Å². The molecule has 0 saturated heterocycles. The van der Waals surface area contributed by atoms with Gasteiger partial charge in [-0.25, -0.2) is 9.97 Å². The second-order valence-corrected chi connectivity index (χ2v) is 6.61. The van der Waals surface area contributed by atoms with Crippen molar-refractivity contribution in [1.29, 1.82) is 0 Å². The summed E-state index contributed by atoms with van der Waals surface area (Å²) in [6.45, 7) is 1.93. The second kappa shape index (κ2) is 6.79. The van der Waals surface area contributed by atoms with Crippen LogP contribution in [0.1, 0.15) is 21.6 Å². The van der Waals surface area contributed by atoms with E-state index in [4.69, 9.17) is 5.73 Å². The Bertz CT molecular complexity index is 1160. The monoisotopic (exact) mass is 389 g/mol. The predicted molar refractivity (Wildman–Crippen MR) is 105 cm³/mol. The highest BCUT2D eigenvalue weighted by Crippen LogP contribution is 2.36. The third-order valence-corrected chi connectivity index (χ3v) is 4.64. The highest BCUT2D eigenvalue weighted by molar-refractivity contribution is 6.09.